The van der Waals surface area contributed by atoms with Crippen molar-refractivity contribution < 1.29 is 4.79 Å². The molecule has 0 radical (unpaired) electrons. The minimum atomic E-state index is 0.0141. The molecular weight excluding hydrogens is 214 g/mol. The fraction of sp³-hybridized carbons (Fsp3) is 0.385. The largest absolute Gasteiger partial charge is 0.314 e. The van der Waals surface area contributed by atoms with Gasteiger partial charge in [0.1, 0.15) is 5.52 Å². The molecular formula is C13H17N3O. The maximum absolute atomic E-state index is 11.5. The number of amides is 1. The third kappa shape index (κ3) is 1.79. The second kappa shape index (κ2) is 3.87. The smallest absolute Gasteiger partial charge is 0.223 e. The van der Waals surface area contributed by atoms with Crippen molar-refractivity contribution in [3.05, 3.63) is 23.4 Å². The van der Waals surface area contributed by atoms with Gasteiger partial charge in [-0.15, -0.1) is 0 Å². The molecule has 17 heavy (non-hydrogen) atoms. The van der Waals surface area contributed by atoms with Crippen LogP contribution in [0.4, 0.5) is 5.69 Å². The van der Waals surface area contributed by atoms with E-state index < -0.39 is 0 Å². The summed E-state index contributed by atoms with van der Waals surface area (Å²) >= 11 is 0. The number of aryl methyl sites for hydroxylation is 3. The van der Waals surface area contributed by atoms with Crippen LogP contribution in [0.2, 0.25) is 0 Å². The van der Waals surface area contributed by atoms with E-state index >= 15 is 0 Å². The molecule has 0 aliphatic rings. The molecule has 4 nitrogen and oxygen atoms in total. The SMILES string of the molecule is CC(=O)N(C)c1cc(C)cc2c(C)n(C)nc12. The molecule has 0 bridgehead atoms. The van der Waals surface area contributed by atoms with Crippen molar-refractivity contribution in [1.29, 1.82) is 0 Å². The van der Waals surface area contributed by atoms with Crippen LogP contribution in [0.5, 0.6) is 0 Å². The molecule has 0 saturated heterocycles. The summed E-state index contributed by atoms with van der Waals surface area (Å²) < 4.78 is 1.85. The first-order valence-electron chi connectivity index (χ1n) is 5.60. The van der Waals surface area contributed by atoms with Crippen LogP contribution in [0.15, 0.2) is 12.1 Å². The maximum Gasteiger partial charge on any atom is 0.223 e. The normalized spacial score (nSPS) is 10.9. The van der Waals surface area contributed by atoms with Crippen LogP contribution in [0, 0.1) is 13.8 Å². The molecule has 0 aliphatic carbocycles. The molecule has 0 saturated carbocycles. The van der Waals surface area contributed by atoms with E-state index in [2.05, 4.69) is 11.2 Å². The first kappa shape index (κ1) is 11.6. The lowest BCUT2D eigenvalue weighted by molar-refractivity contribution is -0.116. The van der Waals surface area contributed by atoms with E-state index in [4.69, 9.17) is 0 Å². The number of fused-ring (bicyclic) bond motifs is 1. The molecule has 0 aliphatic heterocycles. The monoisotopic (exact) mass is 231 g/mol. The van der Waals surface area contributed by atoms with Gasteiger partial charge in [-0.25, -0.2) is 0 Å². The Kier molecular flexibility index (Phi) is 2.65. The second-order valence-corrected chi connectivity index (χ2v) is 4.47. The number of nitrogens with zero attached hydrogens (tertiary/aromatic N) is 3. The molecule has 2 rings (SSSR count). The van der Waals surface area contributed by atoms with Gasteiger partial charge in [0.05, 0.1) is 5.69 Å². The van der Waals surface area contributed by atoms with E-state index in [9.17, 15) is 4.79 Å². The minimum Gasteiger partial charge on any atom is -0.314 e. The number of hydrogen-bond acceptors (Lipinski definition) is 2. The number of rotatable bonds is 1. The van der Waals surface area contributed by atoms with Crippen molar-refractivity contribution in [2.24, 2.45) is 7.05 Å². The summed E-state index contributed by atoms with van der Waals surface area (Å²) in [6, 6.07) is 4.10. The highest BCUT2D eigenvalue weighted by Gasteiger charge is 2.15. The molecule has 4 heteroatoms. The highest BCUT2D eigenvalue weighted by molar-refractivity contribution is 6.01. The molecule has 1 aromatic heterocycles. The third-order valence-electron chi connectivity index (χ3n) is 3.19. The standard InChI is InChI=1S/C13H17N3O/c1-8-6-11-9(2)16(5)14-13(11)12(7-8)15(4)10(3)17/h6-7H,1-5H3. The minimum absolute atomic E-state index is 0.0141. The predicted octanol–water partition coefficient (Wildman–Crippen LogP) is 2.17. The predicted molar refractivity (Wildman–Crippen MR) is 69.3 cm³/mol. The van der Waals surface area contributed by atoms with E-state index in [0.29, 0.717) is 0 Å². The van der Waals surface area contributed by atoms with Gasteiger partial charge in [-0.05, 0) is 31.5 Å². The maximum atomic E-state index is 11.5. The fourth-order valence-corrected chi connectivity index (χ4v) is 1.97. The molecule has 1 heterocycles. The number of carbonyl (C=O) groups excluding carboxylic acids is 1. The summed E-state index contributed by atoms with van der Waals surface area (Å²) in [5.74, 6) is 0.0141. The summed E-state index contributed by atoms with van der Waals surface area (Å²) in [7, 11) is 3.70. The molecule has 1 amide bonds. The molecule has 1 aromatic carbocycles. The number of benzene rings is 1. The zero-order valence-electron chi connectivity index (χ0n) is 10.9. The summed E-state index contributed by atoms with van der Waals surface area (Å²) in [5.41, 5.74) is 4.00. The first-order chi connectivity index (χ1) is 7.91. The molecule has 0 N–H and O–H groups in total. The van der Waals surface area contributed by atoms with Gasteiger partial charge >= 0.3 is 0 Å². The zero-order valence-corrected chi connectivity index (χ0v) is 10.9. The Balaban J connectivity index is 2.78. The molecule has 0 atom stereocenters. The Morgan fingerprint density at radius 3 is 2.59 bits per heavy atom. The Morgan fingerprint density at radius 1 is 1.35 bits per heavy atom. The van der Waals surface area contributed by atoms with E-state index in [1.54, 1.807) is 18.9 Å². The number of carbonyl (C=O) groups is 1. The molecule has 0 fully saturated rings. The van der Waals surface area contributed by atoms with E-state index in [1.807, 2.05) is 31.6 Å². The first-order valence-corrected chi connectivity index (χ1v) is 5.60. The second-order valence-electron chi connectivity index (χ2n) is 4.47. The Morgan fingerprint density at radius 2 is 2.00 bits per heavy atom. The average molecular weight is 231 g/mol. The van der Waals surface area contributed by atoms with E-state index in [0.717, 1.165) is 27.8 Å². The van der Waals surface area contributed by atoms with Gasteiger partial charge in [0.25, 0.3) is 0 Å². The quantitative estimate of drug-likeness (QED) is 0.754. The van der Waals surface area contributed by atoms with Crippen LogP contribution in [0.1, 0.15) is 18.2 Å². The van der Waals surface area contributed by atoms with Crippen molar-refractivity contribution in [2.45, 2.75) is 20.8 Å². The Hall–Kier alpha value is -1.84. The van der Waals surface area contributed by atoms with Crippen molar-refractivity contribution in [1.82, 2.24) is 9.78 Å². The van der Waals surface area contributed by atoms with Crippen molar-refractivity contribution >= 4 is 22.5 Å². The van der Waals surface area contributed by atoms with Gasteiger partial charge in [-0.1, -0.05) is 0 Å². The van der Waals surface area contributed by atoms with Gasteiger partial charge in [0.2, 0.25) is 5.91 Å². The van der Waals surface area contributed by atoms with Crippen molar-refractivity contribution in [3.8, 4) is 0 Å². The van der Waals surface area contributed by atoms with Gasteiger partial charge in [0, 0.05) is 32.1 Å². The van der Waals surface area contributed by atoms with E-state index in [-0.39, 0.29) is 5.91 Å². The summed E-state index contributed by atoms with van der Waals surface area (Å²) in [6.45, 7) is 5.62. The average Bonchev–Trinajstić information content (AvgIpc) is 2.54. The van der Waals surface area contributed by atoms with Crippen LogP contribution in [-0.4, -0.2) is 22.7 Å². The van der Waals surface area contributed by atoms with Gasteiger partial charge in [0.15, 0.2) is 0 Å². The lowest BCUT2D eigenvalue weighted by Gasteiger charge is -2.16. The third-order valence-corrected chi connectivity index (χ3v) is 3.19. The van der Waals surface area contributed by atoms with Gasteiger partial charge in [-0.2, -0.15) is 5.10 Å². The summed E-state index contributed by atoms with van der Waals surface area (Å²) in [6.07, 6.45) is 0. The van der Waals surface area contributed by atoms with E-state index in [1.165, 1.54) is 0 Å². The van der Waals surface area contributed by atoms with Crippen LogP contribution < -0.4 is 4.90 Å². The van der Waals surface area contributed by atoms with Gasteiger partial charge in [-0.3, -0.25) is 9.48 Å². The molecule has 0 unspecified atom stereocenters. The van der Waals surface area contributed by atoms with Crippen LogP contribution in [0.3, 0.4) is 0 Å². The Bertz CT molecular complexity index is 598. The number of anilines is 1. The lowest BCUT2D eigenvalue weighted by atomic mass is 10.1. The summed E-state index contributed by atoms with van der Waals surface area (Å²) in [4.78, 5) is 13.1. The molecule has 90 valence electrons. The van der Waals surface area contributed by atoms with Crippen LogP contribution in [-0.2, 0) is 11.8 Å². The highest BCUT2D eigenvalue weighted by Crippen LogP contribution is 2.29. The molecule has 0 spiro atoms. The van der Waals surface area contributed by atoms with Gasteiger partial charge < -0.3 is 4.90 Å². The number of aromatic nitrogens is 2. The van der Waals surface area contributed by atoms with Crippen LogP contribution in [0.25, 0.3) is 10.9 Å². The summed E-state index contributed by atoms with van der Waals surface area (Å²) in [5, 5.41) is 5.59. The highest BCUT2D eigenvalue weighted by atomic mass is 16.2. The van der Waals surface area contributed by atoms with Crippen molar-refractivity contribution in [2.75, 3.05) is 11.9 Å². The zero-order chi connectivity index (χ0) is 12.7. The van der Waals surface area contributed by atoms with Crippen molar-refractivity contribution in [3.63, 3.8) is 0 Å². The van der Waals surface area contributed by atoms with Crippen LogP contribution >= 0.6 is 0 Å². The Labute approximate surface area is 101 Å². The topological polar surface area (TPSA) is 38.1 Å². The number of hydrogen-bond donors (Lipinski definition) is 0. The molecule has 2 aromatic rings. The fourth-order valence-electron chi connectivity index (χ4n) is 1.97. The lowest BCUT2D eigenvalue weighted by Crippen LogP contribution is -2.23.